The predicted molar refractivity (Wildman–Crippen MR) is 84.9 cm³/mol. The molecule has 0 aliphatic heterocycles. The van der Waals surface area contributed by atoms with Crippen molar-refractivity contribution in [2.45, 2.75) is 39.8 Å². The van der Waals surface area contributed by atoms with E-state index in [2.05, 4.69) is 70.9 Å². The molecule has 1 N–H and O–H groups in total. The van der Waals surface area contributed by atoms with Crippen LogP contribution < -0.4 is 5.32 Å². The molecule has 0 aromatic carbocycles. The van der Waals surface area contributed by atoms with Crippen LogP contribution in [0.5, 0.6) is 0 Å². The van der Waals surface area contributed by atoms with E-state index in [4.69, 9.17) is 0 Å². The van der Waals surface area contributed by atoms with E-state index in [-0.39, 0.29) is 6.04 Å². The molecule has 5 heteroatoms. The molecule has 0 bridgehead atoms. The molecule has 104 valence electrons. The Hall–Kier alpha value is -0.650. The van der Waals surface area contributed by atoms with E-state index < -0.39 is 0 Å². The van der Waals surface area contributed by atoms with E-state index in [9.17, 15) is 0 Å². The minimum Gasteiger partial charge on any atom is -0.305 e. The van der Waals surface area contributed by atoms with Gasteiger partial charge in [0.05, 0.1) is 22.4 Å². The van der Waals surface area contributed by atoms with Crippen molar-refractivity contribution in [2.24, 2.45) is 0 Å². The van der Waals surface area contributed by atoms with Gasteiger partial charge in [-0.25, -0.2) is 0 Å². The standard InChI is InChI=1S/C14H20BrN3S/c1-5-16-13(12-7-6-10(4)19-12)14-11(15)8-17-18(14)9(2)3/h6-9,13,16H,5H2,1-4H3. The Morgan fingerprint density at radius 1 is 1.42 bits per heavy atom. The molecule has 3 nitrogen and oxygen atoms in total. The third-order valence-electron chi connectivity index (χ3n) is 3.00. The van der Waals surface area contributed by atoms with Crippen molar-refractivity contribution in [3.8, 4) is 0 Å². The minimum absolute atomic E-state index is 0.197. The number of nitrogens with zero attached hydrogens (tertiary/aromatic N) is 2. The monoisotopic (exact) mass is 341 g/mol. The summed E-state index contributed by atoms with van der Waals surface area (Å²) in [4.78, 5) is 2.67. The van der Waals surface area contributed by atoms with E-state index >= 15 is 0 Å². The maximum absolute atomic E-state index is 4.49. The quantitative estimate of drug-likeness (QED) is 0.878. The number of hydrogen-bond donors (Lipinski definition) is 1. The first-order valence-corrected chi connectivity index (χ1v) is 8.18. The van der Waals surface area contributed by atoms with Gasteiger partial charge in [0.25, 0.3) is 0 Å². The predicted octanol–water partition coefficient (Wildman–Crippen LogP) is 4.30. The van der Waals surface area contributed by atoms with Gasteiger partial charge in [0.2, 0.25) is 0 Å². The molecular weight excluding hydrogens is 322 g/mol. The van der Waals surface area contributed by atoms with Crippen LogP contribution in [0.1, 0.15) is 48.3 Å². The molecule has 0 fully saturated rings. The smallest absolute Gasteiger partial charge is 0.0853 e. The van der Waals surface area contributed by atoms with Crippen LogP contribution in [0, 0.1) is 6.92 Å². The van der Waals surface area contributed by atoms with Gasteiger partial charge in [-0.2, -0.15) is 5.10 Å². The normalized spacial score (nSPS) is 13.2. The number of hydrogen-bond acceptors (Lipinski definition) is 3. The van der Waals surface area contributed by atoms with Crippen LogP contribution in [0.3, 0.4) is 0 Å². The third kappa shape index (κ3) is 3.09. The van der Waals surface area contributed by atoms with Crippen molar-refractivity contribution in [2.75, 3.05) is 6.54 Å². The second-order valence-corrected chi connectivity index (χ2v) is 7.03. The molecule has 0 saturated heterocycles. The van der Waals surface area contributed by atoms with Gasteiger partial charge in [-0.05, 0) is 55.4 Å². The molecule has 19 heavy (non-hydrogen) atoms. The first kappa shape index (κ1) is 14.8. The van der Waals surface area contributed by atoms with Crippen molar-refractivity contribution in [3.05, 3.63) is 38.3 Å². The highest BCUT2D eigenvalue weighted by atomic mass is 79.9. The van der Waals surface area contributed by atoms with Gasteiger partial charge in [0.15, 0.2) is 0 Å². The lowest BCUT2D eigenvalue weighted by Gasteiger charge is -2.21. The van der Waals surface area contributed by atoms with Crippen molar-refractivity contribution >= 4 is 27.3 Å². The van der Waals surface area contributed by atoms with E-state index in [0.29, 0.717) is 6.04 Å². The first-order chi connectivity index (χ1) is 9.04. The number of nitrogens with one attached hydrogen (secondary N) is 1. The Bertz CT molecular complexity index is 545. The molecule has 0 aliphatic rings. The summed E-state index contributed by atoms with van der Waals surface area (Å²) in [6.07, 6.45) is 1.89. The van der Waals surface area contributed by atoms with Gasteiger partial charge in [-0.3, -0.25) is 4.68 Å². The first-order valence-electron chi connectivity index (χ1n) is 6.57. The number of rotatable bonds is 5. The summed E-state index contributed by atoms with van der Waals surface area (Å²) in [5.41, 5.74) is 1.21. The molecule has 1 unspecified atom stereocenters. The van der Waals surface area contributed by atoms with Crippen LogP contribution in [0.2, 0.25) is 0 Å². The molecule has 0 radical (unpaired) electrons. The number of aromatic nitrogens is 2. The van der Waals surface area contributed by atoms with Gasteiger partial charge in [-0.15, -0.1) is 11.3 Å². The average Bonchev–Trinajstić information content (AvgIpc) is 2.93. The average molecular weight is 342 g/mol. The fourth-order valence-electron chi connectivity index (χ4n) is 2.18. The zero-order valence-corrected chi connectivity index (χ0v) is 14.2. The Kier molecular flexibility index (Phi) is 4.81. The van der Waals surface area contributed by atoms with E-state index in [1.807, 2.05) is 17.5 Å². The van der Waals surface area contributed by atoms with Gasteiger partial charge in [-0.1, -0.05) is 6.92 Å². The highest BCUT2D eigenvalue weighted by Crippen LogP contribution is 2.33. The molecule has 0 amide bonds. The maximum atomic E-state index is 4.49. The largest absolute Gasteiger partial charge is 0.305 e. The van der Waals surface area contributed by atoms with Crippen molar-refractivity contribution < 1.29 is 0 Å². The zero-order chi connectivity index (χ0) is 14.0. The van der Waals surface area contributed by atoms with Gasteiger partial charge < -0.3 is 5.32 Å². The highest BCUT2D eigenvalue weighted by Gasteiger charge is 2.23. The van der Waals surface area contributed by atoms with Gasteiger partial charge in [0.1, 0.15) is 0 Å². The summed E-state index contributed by atoms with van der Waals surface area (Å²) < 4.78 is 3.16. The van der Waals surface area contributed by atoms with E-state index in [1.165, 1.54) is 15.4 Å². The number of thiophene rings is 1. The Morgan fingerprint density at radius 3 is 2.68 bits per heavy atom. The molecule has 0 saturated carbocycles. The molecule has 0 spiro atoms. The summed E-state index contributed by atoms with van der Waals surface area (Å²) in [5, 5.41) is 8.06. The summed E-state index contributed by atoms with van der Waals surface area (Å²) in [5.74, 6) is 0. The highest BCUT2D eigenvalue weighted by molar-refractivity contribution is 9.10. The molecular formula is C14H20BrN3S. The van der Waals surface area contributed by atoms with Crippen LogP contribution in [0.15, 0.2) is 22.8 Å². The Labute approximate surface area is 127 Å². The molecule has 2 heterocycles. The lowest BCUT2D eigenvalue weighted by molar-refractivity contribution is 0.477. The van der Waals surface area contributed by atoms with Crippen molar-refractivity contribution in [1.82, 2.24) is 15.1 Å². The van der Waals surface area contributed by atoms with Gasteiger partial charge >= 0.3 is 0 Å². The zero-order valence-electron chi connectivity index (χ0n) is 11.8. The van der Waals surface area contributed by atoms with E-state index in [1.54, 1.807) is 0 Å². The van der Waals surface area contributed by atoms with E-state index in [0.717, 1.165) is 11.0 Å². The second kappa shape index (κ2) is 6.20. The van der Waals surface area contributed by atoms with Crippen molar-refractivity contribution in [3.63, 3.8) is 0 Å². The Morgan fingerprint density at radius 2 is 2.16 bits per heavy atom. The SMILES string of the molecule is CCNC(c1ccc(C)s1)c1c(Br)cnn1C(C)C. The van der Waals surface area contributed by atoms with Crippen LogP contribution in [0.4, 0.5) is 0 Å². The molecule has 0 aliphatic carbocycles. The van der Waals surface area contributed by atoms with Crippen LogP contribution >= 0.6 is 27.3 Å². The van der Waals surface area contributed by atoms with Crippen LogP contribution in [0.25, 0.3) is 0 Å². The molecule has 1 atom stereocenters. The third-order valence-corrected chi connectivity index (χ3v) is 4.68. The topological polar surface area (TPSA) is 29.9 Å². The summed E-state index contributed by atoms with van der Waals surface area (Å²) in [7, 11) is 0. The summed E-state index contributed by atoms with van der Waals surface area (Å²) >= 11 is 5.48. The molecule has 2 aromatic rings. The lowest BCUT2D eigenvalue weighted by Crippen LogP contribution is -2.25. The minimum atomic E-state index is 0.197. The fraction of sp³-hybridized carbons (Fsp3) is 0.500. The van der Waals surface area contributed by atoms with Gasteiger partial charge in [0, 0.05) is 15.8 Å². The number of halogens is 1. The number of aryl methyl sites for hydroxylation is 1. The Balaban J connectivity index is 2.47. The second-order valence-electron chi connectivity index (χ2n) is 4.86. The van der Waals surface area contributed by atoms with Crippen molar-refractivity contribution in [1.29, 1.82) is 0 Å². The molecule has 2 rings (SSSR count). The fourth-order valence-corrected chi connectivity index (χ4v) is 3.64. The maximum Gasteiger partial charge on any atom is 0.0853 e. The van der Waals surface area contributed by atoms with Crippen LogP contribution in [-0.2, 0) is 0 Å². The van der Waals surface area contributed by atoms with Crippen LogP contribution in [-0.4, -0.2) is 16.3 Å². The molecule has 2 aromatic heterocycles. The lowest BCUT2D eigenvalue weighted by atomic mass is 10.1. The summed E-state index contributed by atoms with van der Waals surface area (Å²) in [6.45, 7) is 9.53. The summed E-state index contributed by atoms with van der Waals surface area (Å²) in [6, 6.07) is 4.93.